The predicted octanol–water partition coefficient (Wildman–Crippen LogP) is 4.66. The maximum Gasteiger partial charge on any atom is 0.264 e. The maximum absolute atomic E-state index is 13.5. The summed E-state index contributed by atoms with van der Waals surface area (Å²) in [7, 11) is -7.66. The van der Waals surface area contributed by atoms with Crippen molar-refractivity contribution in [3.05, 3.63) is 83.4 Å². The van der Waals surface area contributed by atoms with Crippen LogP contribution < -0.4 is 9.62 Å². The molecule has 3 aromatic rings. The van der Waals surface area contributed by atoms with E-state index in [9.17, 15) is 21.6 Å². The van der Waals surface area contributed by atoms with Crippen molar-refractivity contribution in [2.45, 2.75) is 36.0 Å². The summed E-state index contributed by atoms with van der Waals surface area (Å²) in [6, 6.07) is 18.4. The van der Waals surface area contributed by atoms with Gasteiger partial charge in [-0.05, 0) is 80.4 Å². The number of piperidine rings is 1. The van der Waals surface area contributed by atoms with Crippen LogP contribution in [0.2, 0.25) is 5.02 Å². The first-order valence-corrected chi connectivity index (χ1v) is 15.1. The highest BCUT2D eigenvalue weighted by Crippen LogP contribution is 2.26. The van der Waals surface area contributed by atoms with Crippen LogP contribution in [-0.2, 0) is 24.8 Å². The Morgan fingerprint density at radius 3 is 2.00 bits per heavy atom. The van der Waals surface area contributed by atoms with Gasteiger partial charge in [-0.1, -0.05) is 35.7 Å². The lowest BCUT2D eigenvalue weighted by atomic mass is 10.2. The van der Waals surface area contributed by atoms with Crippen molar-refractivity contribution >= 4 is 48.9 Å². The molecule has 0 saturated carbocycles. The summed E-state index contributed by atoms with van der Waals surface area (Å²) in [6.07, 6.45) is 2.69. The summed E-state index contributed by atoms with van der Waals surface area (Å²) in [4.78, 5) is 13.2. The van der Waals surface area contributed by atoms with Crippen molar-refractivity contribution < 1.29 is 21.6 Å². The third kappa shape index (κ3) is 6.32. The predicted molar refractivity (Wildman–Crippen MR) is 145 cm³/mol. The topological polar surface area (TPSA) is 104 Å². The molecule has 0 atom stereocenters. The Morgan fingerprint density at radius 2 is 1.41 bits per heavy atom. The number of sulfonamides is 2. The molecule has 1 saturated heterocycles. The second-order valence-corrected chi connectivity index (χ2v) is 13.1. The number of nitrogens with one attached hydrogen (secondary N) is 1. The van der Waals surface area contributed by atoms with Crippen molar-refractivity contribution in [3.63, 3.8) is 0 Å². The zero-order valence-electron chi connectivity index (χ0n) is 20.3. The second-order valence-electron chi connectivity index (χ2n) is 8.84. The maximum atomic E-state index is 13.5. The van der Waals surface area contributed by atoms with Gasteiger partial charge in [-0.25, -0.2) is 16.8 Å². The largest absolute Gasteiger partial charge is 0.325 e. The summed E-state index contributed by atoms with van der Waals surface area (Å²) in [5.74, 6) is -0.586. The van der Waals surface area contributed by atoms with Crippen LogP contribution >= 0.6 is 11.6 Å². The lowest BCUT2D eigenvalue weighted by Crippen LogP contribution is -2.38. The molecule has 4 rings (SSSR count). The number of carbonyl (C=O) groups is 1. The first-order valence-electron chi connectivity index (χ1n) is 11.8. The molecule has 1 fully saturated rings. The highest BCUT2D eigenvalue weighted by Gasteiger charge is 2.28. The molecular weight excluding hydrogens is 534 g/mol. The van der Waals surface area contributed by atoms with E-state index in [0.717, 1.165) is 29.1 Å². The number of benzene rings is 3. The van der Waals surface area contributed by atoms with Crippen LogP contribution in [0.5, 0.6) is 0 Å². The molecule has 0 spiro atoms. The van der Waals surface area contributed by atoms with Crippen LogP contribution in [0.15, 0.2) is 82.6 Å². The SMILES string of the molecule is Cc1ccc(S(=O)(=O)N(CC(=O)Nc2ccc(S(=O)(=O)N3CCCCC3)cc2)c2ccc(Cl)cc2)cc1. The van der Waals surface area contributed by atoms with E-state index >= 15 is 0 Å². The fourth-order valence-corrected chi connectivity index (χ4v) is 7.12. The molecule has 1 amide bonds. The van der Waals surface area contributed by atoms with Crippen LogP contribution in [0.4, 0.5) is 11.4 Å². The lowest BCUT2D eigenvalue weighted by molar-refractivity contribution is -0.114. The molecule has 1 N–H and O–H groups in total. The Kier molecular flexibility index (Phi) is 8.23. The van der Waals surface area contributed by atoms with Gasteiger partial charge in [-0.2, -0.15) is 4.31 Å². The van der Waals surface area contributed by atoms with Gasteiger partial charge in [0.25, 0.3) is 10.0 Å². The van der Waals surface area contributed by atoms with Crippen molar-refractivity contribution in [1.82, 2.24) is 4.31 Å². The molecule has 0 aliphatic carbocycles. The summed E-state index contributed by atoms with van der Waals surface area (Å²) in [5, 5.41) is 3.10. The fraction of sp³-hybridized carbons (Fsp3) is 0.269. The van der Waals surface area contributed by atoms with Crippen molar-refractivity contribution in [3.8, 4) is 0 Å². The molecule has 0 aromatic heterocycles. The van der Waals surface area contributed by atoms with Crippen LogP contribution in [0.1, 0.15) is 24.8 Å². The summed E-state index contributed by atoms with van der Waals surface area (Å²) in [5.41, 5.74) is 1.54. The number of rotatable bonds is 8. The van der Waals surface area contributed by atoms with E-state index in [1.165, 1.54) is 52.8 Å². The number of halogens is 1. The lowest BCUT2D eigenvalue weighted by Gasteiger charge is -2.26. The van der Waals surface area contributed by atoms with Crippen LogP contribution in [-0.4, -0.2) is 46.7 Å². The van der Waals surface area contributed by atoms with Gasteiger partial charge in [-0.15, -0.1) is 0 Å². The minimum atomic E-state index is -4.07. The van der Waals surface area contributed by atoms with Gasteiger partial charge in [-0.3, -0.25) is 9.10 Å². The zero-order valence-corrected chi connectivity index (χ0v) is 22.7. The van der Waals surface area contributed by atoms with Gasteiger partial charge in [0.15, 0.2) is 0 Å². The number of amides is 1. The van der Waals surface area contributed by atoms with Crippen molar-refractivity contribution in [2.75, 3.05) is 29.3 Å². The number of aryl methyl sites for hydroxylation is 1. The smallest absolute Gasteiger partial charge is 0.264 e. The Bertz CT molecular complexity index is 1450. The van der Waals surface area contributed by atoms with E-state index in [4.69, 9.17) is 11.6 Å². The number of anilines is 2. The standard InChI is InChI=1S/C26H28ClN3O5S2/c1-20-5-13-25(14-6-20)37(34,35)30(23-11-7-21(27)8-12-23)19-26(31)28-22-9-15-24(16-10-22)36(32,33)29-17-3-2-4-18-29/h5-16H,2-4,17-19H2,1H3,(H,28,31). The van der Waals surface area contributed by atoms with Gasteiger partial charge in [0.05, 0.1) is 15.5 Å². The minimum Gasteiger partial charge on any atom is -0.325 e. The minimum absolute atomic E-state index is 0.0492. The normalized spacial score (nSPS) is 14.8. The fourth-order valence-electron chi connectivity index (χ4n) is 4.06. The number of nitrogens with zero attached hydrogens (tertiary/aromatic N) is 2. The number of hydrogen-bond acceptors (Lipinski definition) is 5. The van der Waals surface area contributed by atoms with Gasteiger partial charge in [0.1, 0.15) is 6.54 Å². The van der Waals surface area contributed by atoms with Crippen molar-refractivity contribution in [2.24, 2.45) is 0 Å². The Labute approximate surface area is 223 Å². The molecule has 1 aliphatic heterocycles. The summed E-state index contributed by atoms with van der Waals surface area (Å²) in [6.45, 7) is 2.35. The van der Waals surface area contributed by atoms with E-state index in [1.807, 2.05) is 6.92 Å². The third-order valence-corrected chi connectivity index (χ3v) is 10.1. The summed E-state index contributed by atoms with van der Waals surface area (Å²) >= 11 is 5.98. The highest BCUT2D eigenvalue weighted by atomic mass is 35.5. The molecule has 8 nitrogen and oxygen atoms in total. The quantitative estimate of drug-likeness (QED) is 0.431. The van der Waals surface area contributed by atoms with E-state index in [0.29, 0.717) is 23.8 Å². The molecule has 11 heteroatoms. The average molecular weight is 562 g/mol. The van der Waals surface area contributed by atoms with Crippen molar-refractivity contribution in [1.29, 1.82) is 0 Å². The molecule has 0 radical (unpaired) electrons. The van der Waals surface area contributed by atoms with E-state index in [1.54, 1.807) is 24.3 Å². The average Bonchev–Trinajstić information content (AvgIpc) is 2.89. The van der Waals surface area contributed by atoms with E-state index in [2.05, 4.69) is 5.32 Å². The Balaban J connectivity index is 1.53. The molecule has 0 bridgehead atoms. The van der Waals surface area contributed by atoms with Gasteiger partial charge in [0, 0.05) is 23.8 Å². The molecule has 196 valence electrons. The number of carbonyl (C=O) groups excluding carboxylic acids is 1. The van der Waals surface area contributed by atoms with Crippen LogP contribution in [0, 0.1) is 6.92 Å². The second kappa shape index (κ2) is 11.2. The number of hydrogen-bond donors (Lipinski definition) is 1. The Morgan fingerprint density at radius 1 is 0.838 bits per heavy atom. The highest BCUT2D eigenvalue weighted by molar-refractivity contribution is 7.92. The van der Waals surface area contributed by atoms with Gasteiger partial charge < -0.3 is 5.32 Å². The first kappa shape index (κ1) is 27.1. The third-order valence-electron chi connectivity index (χ3n) is 6.10. The van der Waals surface area contributed by atoms with Crippen LogP contribution in [0.25, 0.3) is 0 Å². The molecule has 3 aromatic carbocycles. The zero-order chi connectivity index (χ0) is 26.6. The first-order chi connectivity index (χ1) is 17.6. The molecule has 1 heterocycles. The molecule has 0 unspecified atom stereocenters. The molecular formula is C26H28ClN3O5S2. The Hall–Kier alpha value is -2.92. The summed E-state index contributed by atoms with van der Waals surface area (Å²) < 4.78 is 55.2. The van der Waals surface area contributed by atoms with Gasteiger partial charge in [0.2, 0.25) is 15.9 Å². The van der Waals surface area contributed by atoms with E-state index in [-0.39, 0.29) is 15.5 Å². The molecule has 37 heavy (non-hydrogen) atoms. The van der Waals surface area contributed by atoms with Crippen LogP contribution in [0.3, 0.4) is 0 Å². The molecule has 1 aliphatic rings. The monoisotopic (exact) mass is 561 g/mol. The van der Waals surface area contributed by atoms with Gasteiger partial charge >= 0.3 is 0 Å². The van der Waals surface area contributed by atoms with E-state index < -0.39 is 32.5 Å².